The molecule has 1 unspecified atom stereocenters. The molecule has 1 aromatic rings. The van der Waals surface area contributed by atoms with Gasteiger partial charge in [-0.1, -0.05) is 0 Å². The molecule has 2 rings (SSSR count). The van der Waals surface area contributed by atoms with Crippen LogP contribution in [0.3, 0.4) is 0 Å². The highest BCUT2D eigenvalue weighted by Crippen LogP contribution is 2.15. The highest BCUT2D eigenvalue weighted by molar-refractivity contribution is 5.77. The molecular weight excluding hydrogens is 234 g/mol. The highest BCUT2D eigenvalue weighted by Gasteiger charge is 2.25. The highest BCUT2D eigenvalue weighted by atomic mass is 16.5. The smallest absolute Gasteiger partial charge is 0.316 e. The van der Waals surface area contributed by atoms with Crippen LogP contribution in [0.4, 0.5) is 0 Å². The Hall–Kier alpha value is -1.69. The zero-order valence-electron chi connectivity index (χ0n) is 10.4. The maximum absolute atomic E-state index is 11.7. The quantitative estimate of drug-likeness (QED) is 0.779. The van der Waals surface area contributed by atoms with Crippen molar-refractivity contribution in [1.82, 2.24) is 14.9 Å². The van der Waals surface area contributed by atoms with Gasteiger partial charge in [0.2, 0.25) is 5.91 Å². The molecule has 0 saturated carbocycles. The molecule has 98 valence electrons. The summed E-state index contributed by atoms with van der Waals surface area (Å²) in [5.74, 6) is -0.000204. The molecule has 6 nitrogen and oxygen atoms in total. The molecule has 1 aliphatic rings. The van der Waals surface area contributed by atoms with Crippen LogP contribution in [0.2, 0.25) is 0 Å². The number of hydrogen-bond acceptors (Lipinski definition) is 5. The Labute approximate surface area is 106 Å². The van der Waals surface area contributed by atoms with Crippen molar-refractivity contribution in [2.24, 2.45) is 0 Å². The van der Waals surface area contributed by atoms with Crippen LogP contribution in [0, 0.1) is 0 Å². The van der Waals surface area contributed by atoms with E-state index in [0.717, 1.165) is 19.4 Å². The predicted octanol–water partition coefficient (Wildman–Crippen LogP) is 0.493. The fourth-order valence-corrected chi connectivity index (χ4v) is 1.97. The Bertz CT molecular complexity index is 385. The molecule has 1 aromatic heterocycles. The summed E-state index contributed by atoms with van der Waals surface area (Å²) >= 11 is 0. The standard InChI is InChI=1S/C12H17N3O3/c1-17-9-11(16)15-7-2-4-10(8-15)18-12-13-5-3-6-14-12/h3,5-6,10H,2,4,7-9H2,1H3. The maximum Gasteiger partial charge on any atom is 0.316 e. The number of aromatic nitrogens is 2. The van der Waals surface area contributed by atoms with Crippen molar-refractivity contribution in [2.45, 2.75) is 18.9 Å². The average Bonchev–Trinajstić information content (AvgIpc) is 2.40. The van der Waals surface area contributed by atoms with Gasteiger partial charge in [-0.15, -0.1) is 0 Å². The van der Waals surface area contributed by atoms with Gasteiger partial charge < -0.3 is 14.4 Å². The Kier molecular flexibility index (Phi) is 4.46. The second-order valence-corrected chi connectivity index (χ2v) is 4.19. The van der Waals surface area contributed by atoms with Crippen molar-refractivity contribution < 1.29 is 14.3 Å². The van der Waals surface area contributed by atoms with E-state index < -0.39 is 0 Å². The van der Waals surface area contributed by atoms with Crippen LogP contribution in [0.5, 0.6) is 6.01 Å². The summed E-state index contributed by atoms with van der Waals surface area (Å²) in [6, 6.07) is 2.10. The first-order valence-electron chi connectivity index (χ1n) is 6.00. The second-order valence-electron chi connectivity index (χ2n) is 4.19. The van der Waals surface area contributed by atoms with Gasteiger partial charge >= 0.3 is 6.01 Å². The number of methoxy groups -OCH3 is 1. The minimum absolute atomic E-state index is 0.000204. The van der Waals surface area contributed by atoms with Gasteiger partial charge in [0, 0.05) is 26.0 Å². The van der Waals surface area contributed by atoms with Crippen molar-refractivity contribution in [3.05, 3.63) is 18.5 Å². The first-order chi connectivity index (χ1) is 8.79. The number of hydrogen-bond donors (Lipinski definition) is 0. The van der Waals surface area contributed by atoms with E-state index in [1.165, 1.54) is 7.11 Å². The van der Waals surface area contributed by atoms with Crippen LogP contribution in [-0.2, 0) is 9.53 Å². The minimum Gasteiger partial charge on any atom is -0.458 e. The van der Waals surface area contributed by atoms with Gasteiger partial charge in [0.05, 0.1) is 6.54 Å². The molecule has 18 heavy (non-hydrogen) atoms. The van der Waals surface area contributed by atoms with E-state index >= 15 is 0 Å². The van der Waals surface area contributed by atoms with Crippen LogP contribution in [0.15, 0.2) is 18.5 Å². The third-order valence-electron chi connectivity index (χ3n) is 2.81. The number of amides is 1. The molecule has 6 heteroatoms. The first kappa shape index (κ1) is 12.8. The van der Waals surface area contributed by atoms with E-state index in [0.29, 0.717) is 12.6 Å². The molecule has 1 saturated heterocycles. The monoisotopic (exact) mass is 251 g/mol. The fourth-order valence-electron chi connectivity index (χ4n) is 1.97. The largest absolute Gasteiger partial charge is 0.458 e. The van der Waals surface area contributed by atoms with E-state index in [4.69, 9.17) is 9.47 Å². The second kappa shape index (κ2) is 6.30. The normalized spacial score (nSPS) is 19.6. The number of piperidine rings is 1. The molecule has 1 atom stereocenters. The zero-order chi connectivity index (χ0) is 12.8. The van der Waals surface area contributed by atoms with E-state index in [-0.39, 0.29) is 18.6 Å². The van der Waals surface area contributed by atoms with E-state index in [1.54, 1.807) is 23.4 Å². The minimum atomic E-state index is -0.0399. The molecule has 1 fully saturated rings. The maximum atomic E-state index is 11.7. The molecule has 0 radical (unpaired) electrons. The van der Waals surface area contributed by atoms with Gasteiger partial charge in [-0.3, -0.25) is 4.79 Å². The molecule has 2 heterocycles. The number of carbonyl (C=O) groups excluding carboxylic acids is 1. The fraction of sp³-hybridized carbons (Fsp3) is 0.583. The van der Waals surface area contributed by atoms with Gasteiger partial charge in [-0.2, -0.15) is 0 Å². The average molecular weight is 251 g/mol. The summed E-state index contributed by atoms with van der Waals surface area (Å²) in [5.41, 5.74) is 0. The molecule has 1 amide bonds. The summed E-state index contributed by atoms with van der Waals surface area (Å²) in [6.45, 7) is 1.45. The van der Waals surface area contributed by atoms with E-state index in [1.807, 2.05) is 0 Å². The number of carbonyl (C=O) groups is 1. The number of ether oxygens (including phenoxy) is 2. The summed E-state index contributed by atoms with van der Waals surface area (Å²) in [4.78, 5) is 21.5. The molecule has 0 spiro atoms. The van der Waals surface area contributed by atoms with Crippen molar-refractivity contribution in [3.8, 4) is 6.01 Å². The van der Waals surface area contributed by atoms with E-state index in [2.05, 4.69) is 9.97 Å². The number of rotatable bonds is 4. The lowest BCUT2D eigenvalue weighted by Crippen LogP contribution is -2.45. The van der Waals surface area contributed by atoms with Crippen molar-refractivity contribution in [1.29, 1.82) is 0 Å². The lowest BCUT2D eigenvalue weighted by Gasteiger charge is -2.32. The lowest BCUT2D eigenvalue weighted by molar-refractivity contribution is -0.137. The van der Waals surface area contributed by atoms with E-state index in [9.17, 15) is 4.79 Å². The molecule has 0 aromatic carbocycles. The number of nitrogens with zero attached hydrogens (tertiary/aromatic N) is 3. The van der Waals surface area contributed by atoms with Crippen LogP contribution in [0.25, 0.3) is 0 Å². The summed E-state index contributed by atoms with van der Waals surface area (Å²) in [5, 5.41) is 0. The van der Waals surface area contributed by atoms with Crippen molar-refractivity contribution in [2.75, 3.05) is 26.8 Å². The summed E-state index contributed by atoms with van der Waals surface area (Å²) in [6.07, 6.45) is 5.07. The third-order valence-corrected chi connectivity index (χ3v) is 2.81. The van der Waals surface area contributed by atoms with Crippen LogP contribution in [0.1, 0.15) is 12.8 Å². The van der Waals surface area contributed by atoms with Crippen LogP contribution < -0.4 is 4.74 Å². The predicted molar refractivity (Wildman–Crippen MR) is 64.1 cm³/mol. The SMILES string of the molecule is COCC(=O)N1CCCC(Oc2ncccn2)C1. The van der Waals surface area contributed by atoms with Crippen molar-refractivity contribution in [3.63, 3.8) is 0 Å². The van der Waals surface area contributed by atoms with Gasteiger partial charge in [-0.05, 0) is 18.9 Å². The summed E-state index contributed by atoms with van der Waals surface area (Å²) in [7, 11) is 1.52. The zero-order valence-corrected chi connectivity index (χ0v) is 10.4. The van der Waals surface area contributed by atoms with Crippen LogP contribution in [-0.4, -0.2) is 53.7 Å². The Balaban J connectivity index is 1.89. The molecule has 1 aliphatic heterocycles. The Morgan fingerprint density at radius 3 is 3.00 bits per heavy atom. The summed E-state index contributed by atoms with van der Waals surface area (Å²) < 4.78 is 10.5. The van der Waals surface area contributed by atoms with Gasteiger partial charge in [0.25, 0.3) is 0 Å². The third kappa shape index (κ3) is 3.40. The Morgan fingerprint density at radius 1 is 1.50 bits per heavy atom. The van der Waals surface area contributed by atoms with Crippen LogP contribution >= 0.6 is 0 Å². The molecular formula is C12H17N3O3. The van der Waals surface area contributed by atoms with Gasteiger partial charge in [0.15, 0.2) is 0 Å². The lowest BCUT2D eigenvalue weighted by atomic mass is 10.1. The molecule has 0 aliphatic carbocycles. The van der Waals surface area contributed by atoms with Gasteiger partial charge in [-0.25, -0.2) is 9.97 Å². The topological polar surface area (TPSA) is 64.5 Å². The number of likely N-dealkylation sites (tertiary alicyclic amines) is 1. The van der Waals surface area contributed by atoms with Crippen molar-refractivity contribution >= 4 is 5.91 Å². The molecule has 0 N–H and O–H groups in total. The first-order valence-corrected chi connectivity index (χ1v) is 6.00. The Morgan fingerprint density at radius 2 is 2.28 bits per heavy atom. The molecule has 0 bridgehead atoms. The van der Waals surface area contributed by atoms with Gasteiger partial charge in [0.1, 0.15) is 12.7 Å².